The normalized spacial score (nSPS) is 11.1. The van der Waals surface area contributed by atoms with E-state index < -0.39 is 11.5 Å². The van der Waals surface area contributed by atoms with Crippen LogP contribution in [0.15, 0.2) is 66.4 Å². The van der Waals surface area contributed by atoms with E-state index in [1.54, 1.807) is 29.1 Å². The summed E-state index contributed by atoms with van der Waals surface area (Å²) in [5.41, 5.74) is 1.90. The first-order valence-electron chi connectivity index (χ1n) is 7.34. The number of halogens is 1. The highest BCUT2D eigenvalue weighted by Gasteiger charge is 2.14. The zero-order valence-corrected chi connectivity index (χ0v) is 12.9. The van der Waals surface area contributed by atoms with Gasteiger partial charge >= 0.3 is 5.97 Å². The molecule has 2 aromatic carbocycles. The first-order chi connectivity index (χ1) is 12.1. The minimum atomic E-state index is -1.32. The second-order valence-corrected chi connectivity index (χ2v) is 5.20. The molecule has 0 aliphatic carbocycles. The van der Waals surface area contributed by atoms with Gasteiger partial charge in [-0.25, -0.2) is 13.9 Å². The maximum Gasteiger partial charge on any atom is 0.346 e. The number of aromatic nitrogens is 2. The zero-order chi connectivity index (χ0) is 17.8. The third kappa shape index (κ3) is 3.46. The summed E-state index contributed by atoms with van der Waals surface area (Å²) < 4.78 is 14.8. The van der Waals surface area contributed by atoms with Crippen LogP contribution in [-0.2, 0) is 4.79 Å². The summed E-state index contributed by atoms with van der Waals surface area (Å²) in [7, 11) is 0. The van der Waals surface area contributed by atoms with Crippen molar-refractivity contribution < 1.29 is 14.3 Å². The Labute approximate surface area is 142 Å². The molecule has 122 valence electrons. The van der Waals surface area contributed by atoms with Crippen LogP contribution in [-0.4, -0.2) is 20.9 Å². The lowest BCUT2D eigenvalue weighted by Gasteiger charge is -2.00. The molecule has 0 fully saturated rings. The Kier molecular flexibility index (Phi) is 4.40. The van der Waals surface area contributed by atoms with Crippen molar-refractivity contribution in [1.29, 1.82) is 5.26 Å². The van der Waals surface area contributed by atoms with Crippen molar-refractivity contribution in [3.8, 4) is 23.0 Å². The Morgan fingerprint density at radius 3 is 2.44 bits per heavy atom. The maximum atomic E-state index is 13.2. The molecule has 0 spiro atoms. The minimum absolute atomic E-state index is 0.383. The second kappa shape index (κ2) is 6.81. The summed E-state index contributed by atoms with van der Waals surface area (Å²) in [6, 6.07) is 16.6. The smallest absolute Gasteiger partial charge is 0.346 e. The fraction of sp³-hybridized carbons (Fsp3) is 0. The number of benzene rings is 2. The first kappa shape index (κ1) is 16.1. The monoisotopic (exact) mass is 333 g/mol. The second-order valence-electron chi connectivity index (χ2n) is 5.20. The van der Waals surface area contributed by atoms with E-state index >= 15 is 0 Å². The number of aliphatic carboxylic acids is 1. The number of rotatable bonds is 4. The van der Waals surface area contributed by atoms with Gasteiger partial charge in [0.15, 0.2) is 0 Å². The topological polar surface area (TPSA) is 78.9 Å². The molecule has 1 N–H and O–H groups in total. The Morgan fingerprint density at radius 1 is 1.16 bits per heavy atom. The quantitative estimate of drug-likeness (QED) is 0.583. The highest BCUT2D eigenvalue weighted by Crippen LogP contribution is 2.26. The van der Waals surface area contributed by atoms with Gasteiger partial charge in [0.1, 0.15) is 17.5 Å². The van der Waals surface area contributed by atoms with Crippen LogP contribution in [0.4, 0.5) is 4.39 Å². The molecule has 5 nitrogen and oxygen atoms in total. The van der Waals surface area contributed by atoms with Crippen molar-refractivity contribution >= 4 is 12.0 Å². The SMILES string of the molecule is N#C/C(=C\c1cn(-c2ccccc2)nc1-c1ccc(F)cc1)C(=O)O. The predicted octanol–water partition coefficient (Wildman–Crippen LogP) is 3.67. The van der Waals surface area contributed by atoms with Gasteiger partial charge in [-0.2, -0.15) is 10.4 Å². The van der Waals surface area contributed by atoms with Crippen molar-refractivity contribution in [3.05, 3.63) is 77.7 Å². The first-order valence-corrected chi connectivity index (χ1v) is 7.34. The van der Waals surface area contributed by atoms with Crippen LogP contribution >= 0.6 is 0 Å². The van der Waals surface area contributed by atoms with Crippen LogP contribution in [0, 0.1) is 17.1 Å². The van der Waals surface area contributed by atoms with Crippen molar-refractivity contribution in [2.45, 2.75) is 0 Å². The average molecular weight is 333 g/mol. The number of carboxylic acids is 1. The lowest BCUT2D eigenvalue weighted by molar-refractivity contribution is -0.132. The molecule has 6 heteroatoms. The molecule has 1 heterocycles. The van der Waals surface area contributed by atoms with Crippen LogP contribution in [0.5, 0.6) is 0 Å². The summed E-state index contributed by atoms with van der Waals surface area (Å²) >= 11 is 0. The van der Waals surface area contributed by atoms with Gasteiger partial charge in [-0.05, 0) is 42.5 Å². The van der Waals surface area contributed by atoms with E-state index in [9.17, 15) is 9.18 Å². The van der Waals surface area contributed by atoms with Gasteiger partial charge in [0.05, 0.1) is 11.4 Å². The van der Waals surface area contributed by atoms with Crippen LogP contribution in [0.2, 0.25) is 0 Å². The van der Waals surface area contributed by atoms with E-state index in [0.29, 0.717) is 16.8 Å². The molecule has 0 unspecified atom stereocenters. The van der Waals surface area contributed by atoms with Crippen LogP contribution in [0.1, 0.15) is 5.56 Å². The van der Waals surface area contributed by atoms with Gasteiger partial charge in [0.2, 0.25) is 0 Å². The summed E-state index contributed by atoms with van der Waals surface area (Å²) in [6.07, 6.45) is 2.89. The van der Waals surface area contributed by atoms with Crippen LogP contribution in [0.25, 0.3) is 23.0 Å². The number of nitrogens with zero attached hydrogens (tertiary/aromatic N) is 3. The molecule has 0 atom stereocenters. The van der Waals surface area contributed by atoms with Gasteiger partial charge in [0, 0.05) is 17.3 Å². The van der Waals surface area contributed by atoms with E-state index in [2.05, 4.69) is 5.10 Å². The third-order valence-corrected chi connectivity index (χ3v) is 3.53. The van der Waals surface area contributed by atoms with Crippen molar-refractivity contribution in [2.24, 2.45) is 0 Å². The molecular formula is C19H12FN3O2. The Bertz CT molecular complexity index is 984. The standard InChI is InChI=1S/C19H12FN3O2/c20-16-8-6-13(7-9-16)18-15(10-14(11-21)19(24)25)12-23(22-18)17-4-2-1-3-5-17/h1-10,12H,(H,24,25)/b14-10+. The van der Waals surface area contributed by atoms with Gasteiger partial charge in [-0.15, -0.1) is 0 Å². The van der Waals surface area contributed by atoms with Gasteiger partial charge in [-0.3, -0.25) is 0 Å². The molecule has 0 aliphatic rings. The van der Waals surface area contributed by atoms with E-state index in [4.69, 9.17) is 10.4 Å². The van der Waals surface area contributed by atoms with Crippen molar-refractivity contribution in [3.63, 3.8) is 0 Å². The fourth-order valence-corrected chi connectivity index (χ4v) is 2.34. The lowest BCUT2D eigenvalue weighted by Crippen LogP contribution is -1.97. The summed E-state index contributed by atoms with van der Waals surface area (Å²) in [5, 5.41) is 22.6. The van der Waals surface area contributed by atoms with E-state index in [-0.39, 0.29) is 5.82 Å². The Hall–Kier alpha value is -3.72. The summed E-state index contributed by atoms with van der Waals surface area (Å²) in [4.78, 5) is 11.1. The molecule has 3 aromatic rings. The molecule has 0 amide bonds. The number of hydrogen-bond acceptors (Lipinski definition) is 3. The largest absolute Gasteiger partial charge is 0.477 e. The zero-order valence-electron chi connectivity index (χ0n) is 12.9. The number of carbonyl (C=O) groups is 1. The highest BCUT2D eigenvalue weighted by atomic mass is 19.1. The molecule has 25 heavy (non-hydrogen) atoms. The Balaban J connectivity index is 2.18. The lowest BCUT2D eigenvalue weighted by atomic mass is 10.1. The molecule has 0 radical (unpaired) electrons. The maximum absolute atomic E-state index is 13.2. The van der Waals surface area contributed by atoms with Crippen LogP contribution < -0.4 is 0 Å². The van der Waals surface area contributed by atoms with Gasteiger partial charge in [-0.1, -0.05) is 18.2 Å². The summed E-state index contributed by atoms with van der Waals surface area (Å²) in [5.74, 6) is -1.70. The fourth-order valence-electron chi connectivity index (χ4n) is 2.34. The van der Waals surface area contributed by atoms with E-state index in [0.717, 1.165) is 5.69 Å². The average Bonchev–Trinajstić information content (AvgIpc) is 3.04. The molecule has 0 bridgehead atoms. The van der Waals surface area contributed by atoms with Crippen molar-refractivity contribution in [2.75, 3.05) is 0 Å². The molecular weight excluding hydrogens is 321 g/mol. The molecule has 3 rings (SSSR count). The third-order valence-electron chi connectivity index (χ3n) is 3.53. The number of hydrogen-bond donors (Lipinski definition) is 1. The molecule has 0 saturated carbocycles. The van der Waals surface area contributed by atoms with Gasteiger partial charge < -0.3 is 5.11 Å². The minimum Gasteiger partial charge on any atom is -0.477 e. The van der Waals surface area contributed by atoms with Gasteiger partial charge in [0.25, 0.3) is 0 Å². The van der Waals surface area contributed by atoms with E-state index in [1.807, 2.05) is 30.3 Å². The van der Waals surface area contributed by atoms with E-state index in [1.165, 1.54) is 18.2 Å². The number of carboxylic acid groups (broad SMARTS) is 1. The molecule has 1 aromatic heterocycles. The Morgan fingerprint density at radius 2 is 1.84 bits per heavy atom. The number of nitriles is 1. The predicted molar refractivity (Wildman–Crippen MR) is 90.2 cm³/mol. The molecule has 0 aliphatic heterocycles. The van der Waals surface area contributed by atoms with Crippen LogP contribution in [0.3, 0.4) is 0 Å². The number of para-hydroxylation sites is 1. The summed E-state index contributed by atoms with van der Waals surface area (Å²) in [6.45, 7) is 0. The highest BCUT2D eigenvalue weighted by molar-refractivity contribution is 5.97. The molecule has 0 saturated heterocycles. The van der Waals surface area contributed by atoms with Crippen molar-refractivity contribution in [1.82, 2.24) is 9.78 Å².